The highest BCUT2D eigenvalue weighted by atomic mass is 32.1. The third-order valence-corrected chi connectivity index (χ3v) is 4.88. The van der Waals surface area contributed by atoms with Crippen LogP contribution in [-0.4, -0.2) is 23.5 Å². The molecular formula is C13H20N2S. The standard InChI is InChI=1S/C13H20N2S/c1-8-7-11(9(2)16-8)13-12(14)5-6-15(13)10-3-4-10/h7,10,12-13H,3-6,14H2,1-2H3. The van der Waals surface area contributed by atoms with Crippen LogP contribution in [-0.2, 0) is 0 Å². The molecule has 2 N–H and O–H groups in total. The van der Waals surface area contributed by atoms with E-state index in [-0.39, 0.29) is 0 Å². The molecule has 2 unspecified atom stereocenters. The predicted molar refractivity (Wildman–Crippen MR) is 68.9 cm³/mol. The first-order valence-corrected chi connectivity index (χ1v) is 7.06. The Labute approximate surface area is 101 Å². The average Bonchev–Trinajstić information content (AvgIpc) is 2.92. The lowest BCUT2D eigenvalue weighted by molar-refractivity contribution is 0.237. The molecule has 1 aliphatic heterocycles. The number of likely N-dealkylation sites (tertiary alicyclic amines) is 1. The molecule has 2 nitrogen and oxygen atoms in total. The molecule has 1 aromatic heterocycles. The molecule has 0 bridgehead atoms. The molecule has 1 saturated carbocycles. The molecule has 2 aliphatic rings. The summed E-state index contributed by atoms with van der Waals surface area (Å²) in [7, 11) is 0. The fraction of sp³-hybridized carbons (Fsp3) is 0.692. The van der Waals surface area contributed by atoms with Crippen LogP contribution in [0.5, 0.6) is 0 Å². The van der Waals surface area contributed by atoms with Gasteiger partial charge in [0.15, 0.2) is 0 Å². The molecule has 3 heteroatoms. The first kappa shape index (κ1) is 10.8. The van der Waals surface area contributed by atoms with Crippen LogP contribution in [0.15, 0.2) is 6.07 Å². The number of thiophene rings is 1. The minimum absolute atomic E-state index is 0.341. The monoisotopic (exact) mass is 236 g/mol. The molecule has 0 aromatic carbocycles. The highest BCUT2D eigenvalue weighted by molar-refractivity contribution is 7.12. The summed E-state index contributed by atoms with van der Waals surface area (Å²) in [6, 6.07) is 4.02. The zero-order valence-electron chi connectivity index (χ0n) is 10.1. The van der Waals surface area contributed by atoms with Crippen molar-refractivity contribution in [2.45, 2.75) is 51.2 Å². The number of hydrogen-bond donors (Lipinski definition) is 1. The Morgan fingerprint density at radius 2 is 2.06 bits per heavy atom. The zero-order chi connectivity index (χ0) is 11.3. The van der Waals surface area contributed by atoms with Crippen LogP contribution in [0.4, 0.5) is 0 Å². The van der Waals surface area contributed by atoms with Gasteiger partial charge in [-0.3, -0.25) is 4.90 Å². The van der Waals surface area contributed by atoms with Gasteiger partial charge in [-0.15, -0.1) is 11.3 Å². The molecule has 88 valence electrons. The maximum absolute atomic E-state index is 6.31. The molecule has 0 spiro atoms. The van der Waals surface area contributed by atoms with Crippen molar-refractivity contribution < 1.29 is 0 Å². The summed E-state index contributed by atoms with van der Waals surface area (Å²) in [5, 5.41) is 0. The molecule has 16 heavy (non-hydrogen) atoms. The van der Waals surface area contributed by atoms with E-state index in [1.165, 1.54) is 34.7 Å². The average molecular weight is 236 g/mol. The van der Waals surface area contributed by atoms with Gasteiger partial charge < -0.3 is 5.73 Å². The molecule has 2 atom stereocenters. The minimum Gasteiger partial charge on any atom is -0.326 e. The van der Waals surface area contributed by atoms with Gasteiger partial charge in [-0.2, -0.15) is 0 Å². The smallest absolute Gasteiger partial charge is 0.0513 e. The van der Waals surface area contributed by atoms with E-state index in [4.69, 9.17) is 5.73 Å². The highest BCUT2D eigenvalue weighted by Gasteiger charge is 2.42. The summed E-state index contributed by atoms with van der Waals surface area (Å²) in [4.78, 5) is 5.53. The number of rotatable bonds is 2. The van der Waals surface area contributed by atoms with Crippen LogP contribution in [0.2, 0.25) is 0 Å². The van der Waals surface area contributed by atoms with Crippen LogP contribution in [0, 0.1) is 13.8 Å². The highest BCUT2D eigenvalue weighted by Crippen LogP contribution is 2.42. The minimum atomic E-state index is 0.341. The Hall–Kier alpha value is -0.380. The second-order valence-electron chi connectivity index (χ2n) is 5.23. The molecule has 3 rings (SSSR count). The first-order chi connectivity index (χ1) is 7.66. The second-order valence-corrected chi connectivity index (χ2v) is 6.70. The van der Waals surface area contributed by atoms with Crippen molar-refractivity contribution in [2.24, 2.45) is 5.73 Å². The maximum Gasteiger partial charge on any atom is 0.0513 e. The molecule has 2 fully saturated rings. The Morgan fingerprint density at radius 1 is 1.31 bits per heavy atom. The third kappa shape index (κ3) is 1.71. The Morgan fingerprint density at radius 3 is 2.62 bits per heavy atom. The Kier molecular flexibility index (Phi) is 2.57. The number of aryl methyl sites for hydroxylation is 2. The van der Waals surface area contributed by atoms with Crippen molar-refractivity contribution in [3.05, 3.63) is 21.4 Å². The Balaban J connectivity index is 1.93. The summed E-state index contributed by atoms with van der Waals surface area (Å²) in [5.74, 6) is 0. The van der Waals surface area contributed by atoms with E-state index in [0.29, 0.717) is 12.1 Å². The maximum atomic E-state index is 6.31. The van der Waals surface area contributed by atoms with Gasteiger partial charge in [-0.05, 0) is 44.7 Å². The van der Waals surface area contributed by atoms with Crippen LogP contribution >= 0.6 is 11.3 Å². The SMILES string of the molecule is Cc1cc(C2C(N)CCN2C2CC2)c(C)s1. The number of nitrogens with two attached hydrogens (primary N) is 1. The van der Waals surface area contributed by atoms with E-state index < -0.39 is 0 Å². The summed E-state index contributed by atoms with van der Waals surface area (Å²) in [5.41, 5.74) is 7.81. The molecule has 1 aromatic rings. The quantitative estimate of drug-likeness (QED) is 0.855. The van der Waals surface area contributed by atoms with Crippen LogP contribution in [0.25, 0.3) is 0 Å². The van der Waals surface area contributed by atoms with Crippen LogP contribution in [0.1, 0.15) is 40.6 Å². The van der Waals surface area contributed by atoms with Gasteiger partial charge in [-0.25, -0.2) is 0 Å². The van der Waals surface area contributed by atoms with Gasteiger partial charge in [0.1, 0.15) is 0 Å². The molecule has 0 amide bonds. The lowest BCUT2D eigenvalue weighted by Crippen LogP contribution is -2.33. The van der Waals surface area contributed by atoms with E-state index in [2.05, 4.69) is 24.8 Å². The normalized spacial score (nSPS) is 31.2. The van der Waals surface area contributed by atoms with Crippen LogP contribution < -0.4 is 5.73 Å². The van der Waals surface area contributed by atoms with E-state index in [1.807, 2.05) is 11.3 Å². The van der Waals surface area contributed by atoms with Gasteiger partial charge in [0.2, 0.25) is 0 Å². The zero-order valence-corrected chi connectivity index (χ0v) is 10.9. The van der Waals surface area contributed by atoms with Gasteiger partial charge in [0.25, 0.3) is 0 Å². The topological polar surface area (TPSA) is 29.3 Å². The fourth-order valence-corrected chi connectivity index (χ4v) is 3.98. The summed E-state index contributed by atoms with van der Waals surface area (Å²) >= 11 is 1.91. The van der Waals surface area contributed by atoms with E-state index in [1.54, 1.807) is 0 Å². The second kappa shape index (κ2) is 3.83. The van der Waals surface area contributed by atoms with Gasteiger partial charge >= 0.3 is 0 Å². The van der Waals surface area contributed by atoms with Crippen molar-refractivity contribution >= 4 is 11.3 Å². The van der Waals surface area contributed by atoms with Gasteiger partial charge in [-0.1, -0.05) is 0 Å². The summed E-state index contributed by atoms with van der Waals surface area (Å²) in [6.07, 6.45) is 3.92. The van der Waals surface area contributed by atoms with Gasteiger partial charge in [0.05, 0.1) is 6.04 Å². The van der Waals surface area contributed by atoms with Crippen molar-refractivity contribution in [1.82, 2.24) is 4.90 Å². The summed E-state index contributed by atoms with van der Waals surface area (Å²) in [6.45, 7) is 5.64. The lowest BCUT2D eigenvalue weighted by atomic mass is 10.0. The number of nitrogens with zero attached hydrogens (tertiary/aromatic N) is 1. The molecular weight excluding hydrogens is 216 g/mol. The van der Waals surface area contributed by atoms with E-state index in [0.717, 1.165) is 12.5 Å². The van der Waals surface area contributed by atoms with E-state index in [9.17, 15) is 0 Å². The number of hydrogen-bond acceptors (Lipinski definition) is 3. The summed E-state index contributed by atoms with van der Waals surface area (Å²) < 4.78 is 0. The molecule has 1 saturated heterocycles. The fourth-order valence-electron chi connectivity index (χ4n) is 3.01. The van der Waals surface area contributed by atoms with Crippen molar-refractivity contribution in [3.8, 4) is 0 Å². The Bertz CT molecular complexity index is 395. The van der Waals surface area contributed by atoms with Crippen molar-refractivity contribution in [2.75, 3.05) is 6.54 Å². The third-order valence-electron chi connectivity index (χ3n) is 3.90. The van der Waals surface area contributed by atoms with Crippen LogP contribution in [0.3, 0.4) is 0 Å². The lowest BCUT2D eigenvalue weighted by Gasteiger charge is -2.26. The molecule has 0 radical (unpaired) electrons. The predicted octanol–water partition coefficient (Wildman–Crippen LogP) is 2.60. The van der Waals surface area contributed by atoms with Crippen molar-refractivity contribution in [3.63, 3.8) is 0 Å². The van der Waals surface area contributed by atoms with Crippen molar-refractivity contribution in [1.29, 1.82) is 0 Å². The first-order valence-electron chi connectivity index (χ1n) is 6.25. The van der Waals surface area contributed by atoms with E-state index >= 15 is 0 Å². The van der Waals surface area contributed by atoms with Gasteiger partial charge in [0, 0.05) is 28.4 Å². The largest absolute Gasteiger partial charge is 0.326 e. The molecule has 1 aliphatic carbocycles. The molecule has 2 heterocycles.